The Balaban J connectivity index is 1.82. The first kappa shape index (κ1) is 15.3. The summed E-state index contributed by atoms with van der Waals surface area (Å²) < 4.78 is 5.89. The first-order chi connectivity index (χ1) is 10.7. The minimum Gasteiger partial charge on any atom is -0.487 e. The minimum atomic E-state index is 0.0499. The number of ether oxygens (including phenoxy) is 1. The summed E-state index contributed by atoms with van der Waals surface area (Å²) in [5.41, 5.74) is 2.23. The zero-order chi connectivity index (χ0) is 15.5. The lowest BCUT2D eigenvalue weighted by atomic mass is 9.97. The molecule has 2 atom stereocenters. The van der Waals surface area contributed by atoms with Gasteiger partial charge in [-0.05, 0) is 50.4 Å². The molecule has 0 spiro atoms. The Morgan fingerprint density at radius 2 is 2.27 bits per heavy atom. The highest BCUT2D eigenvalue weighted by Crippen LogP contribution is 2.35. The molecule has 1 fully saturated rings. The standard InChI is InChI=1S/C18H26N2O2/c1-3-18(21)20-12-13(2)22-17-8-7-14(11-16(17)20)10-15-6-4-5-9-19-15/h7-8,11,13,15,19H,3-6,9-10,12H2,1-2H3. The quantitative estimate of drug-likeness (QED) is 0.933. The molecule has 2 aliphatic rings. The molecule has 1 amide bonds. The Bertz CT molecular complexity index is 538. The van der Waals surface area contributed by atoms with Crippen molar-refractivity contribution in [3.05, 3.63) is 23.8 Å². The van der Waals surface area contributed by atoms with Gasteiger partial charge in [-0.15, -0.1) is 0 Å². The van der Waals surface area contributed by atoms with Crippen molar-refractivity contribution >= 4 is 11.6 Å². The van der Waals surface area contributed by atoms with Gasteiger partial charge in [0.15, 0.2) is 0 Å². The van der Waals surface area contributed by atoms with Gasteiger partial charge in [0.25, 0.3) is 0 Å². The third kappa shape index (κ3) is 3.27. The second-order valence-corrected chi connectivity index (χ2v) is 6.44. The molecule has 0 radical (unpaired) electrons. The van der Waals surface area contributed by atoms with Crippen LogP contribution in [0.3, 0.4) is 0 Å². The van der Waals surface area contributed by atoms with Crippen molar-refractivity contribution in [3.8, 4) is 5.75 Å². The maximum Gasteiger partial charge on any atom is 0.226 e. The number of nitrogens with zero attached hydrogens (tertiary/aromatic N) is 1. The van der Waals surface area contributed by atoms with E-state index in [0.29, 0.717) is 19.0 Å². The van der Waals surface area contributed by atoms with Crippen LogP contribution in [0.15, 0.2) is 18.2 Å². The van der Waals surface area contributed by atoms with Gasteiger partial charge in [-0.2, -0.15) is 0 Å². The number of amides is 1. The number of carbonyl (C=O) groups excluding carboxylic acids is 1. The lowest BCUT2D eigenvalue weighted by molar-refractivity contribution is -0.118. The van der Waals surface area contributed by atoms with Crippen molar-refractivity contribution in [3.63, 3.8) is 0 Å². The Hall–Kier alpha value is -1.55. The van der Waals surface area contributed by atoms with Crippen molar-refractivity contribution in [2.24, 2.45) is 0 Å². The minimum absolute atomic E-state index is 0.0499. The first-order valence-corrected chi connectivity index (χ1v) is 8.50. The van der Waals surface area contributed by atoms with Crippen molar-refractivity contribution in [1.29, 1.82) is 0 Å². The zero-order valence-electron chi connectivity index (χ0n) is 13.6. The van der Waals surface area contributed by atoms with Crippen LogP contribution in [0.1, 0.15) is 45.1 Å². The van der Waals surface area contributed by atoms with Gasteiger partial charge in [0.2, 0.25) is 5.91 Å². The van der Waals surface area contributed by atoms with E-state index < -0.39 is 0 Å². The lowest BCUT2D eigenvalue weighted by Gasteiger charge is -2.34. The summed E-state index contributed by atoms with van der Waals surface area (Å²) in [5, 5.41) is 3.59. The van der Waals surface area contributed by atoms with Crippen LogP contribution >= 0.6 is 0 Å². The first-order valence-electron chi connectivity index (χ1n) is 8.50. The second-order valence-electron chi connectivity index (χ2n) is 6.44. The summed E-state index contributed by atoms with van der Waals surface area (Å²) in [5.74, 6) is 1.00. The van der Waals surface area contributed by atoms with Crippen LogP contribution in [0.2, 0.25) is 0 Å². The van der Waals surface area contributed by atoms with Crippen molar-refractivity contribution in [2.75, 3.05) is 18.0 Å². The number of anilines is 1. The third-order valence-electron chi connectivity index (χ3n) is 4.58. The number of hydrogen-bond donors (Lipinski definition) is 1. The highest BCUT2D eigenvalue weighted by atomic mass is 16.5. The largest absolute Gasteiger partial charge is 0.487 e. The van der Waals surface area contributed by atoms with E-state index in [2.05, 4.69) is 17.4 Å². The van der Waals surface area contributed by atoms with Gasteiger partial charge >= 0.3 is 0 Å². The van der Waals surface area contributed by atoms with E-state index in [1.165, 1.54) is 24.8 Å². The van der Waals surface area contributed by atoms with Crippen LogP contribution in [-0.2, 0) is 11.2 Å². The number of nitrogens with one attached hydrogen (secondary N) is 1. The molecule has 1 aromatic carbocycles. The molecule has 4 nitrogen and oxygen atoms in total. The molecule has 1 N–H and O–H groups in total. The van der Waals surface area contributed by atoms with Crippen molar-refractivity contribution < 1.29 is 9.53 Å². The average Bonchev–Trinajstić information content (AvgIpc) is 2.54. The molecule has 0 aromatic heterocycles. The van der Waals surface area contributed by atoms with Crippen molar-refractivity contribution in [2.45, 2.75) is 58.1 Å². The number of hydrogen-bond acceptors (Lipinski definition) is 3. The van der Waals surface area contributed by atoms with E-state index in [1.54, 1.807) is 0 Å². The SMILES string of the molecule is CCC(=O)N1CC(C)Oc2ccc(CC3CCCCN3)cc21. The summed E-state index contributed by atoms with van der Waals surface area (Å²) >= 11 is 0. The van der Waals surface area contributed by atoms with Gasteiger partial charge in [0.05, 0.1) is 12.2 Å². The molecule has 0 bridgehead atoms. The molecular weight excluding hydrogens is 276 g/mol. The van der Waals surface area contributed by atoms with Gasteiger partial charge in [-0.3, -0.25) is 4.79 Å². The average molecular weight is 302 g/mol. The molecular formula is C18H26N2O2. The molecule has 2 aliphatic heterocycles. The van der Waals surface area contributed by atoms with E-state index >= 15 is 0 Å². The predicted octanol–water partition coefficient (Wildman–Crippen LogP) is 2.90. The molecule has 1 aromatic rings. The highest BCUT2D eigenvalue weighted by molar-refractivity contribution is 5.95. The van der Waals surface area contributed by atoms with E-state index in [0.717, 1.165) is 24.4 Å². The van der Waals surface area contributed by atoms with Crippen LogP contribution in [-0.4, -0.2) is 31.1 Å². The molecule has 3 rings (SSSR count). The fraction of sp³-hybridized carbons (Fsp3) is 0.611. The monoisotopic (exact) mass is 302 g/mol. The molecule has 2 heterocycles. The summed E-state index contributed by atoms with van der Waals surface area (Å²) in [7, 11) is 0. The van der Waals surface area contributed by atoms with Crippen LogP contribution in [0.5, 0.6) is 5.75 Å². The van der Waals surface area contributed by atoms with E-state index in [1.807, 2.05) is 24.8 Å². The summed E-state index contributed by atoms with van der Waals surface area (Å²) in [4.78, 5) is 14.1. The summed E-state index contributed by atoms with van der Waals surface area (Å²) in [6.07, 6.45) is 5.43. The topological polar surface area (TPSA) is 41.6 Å². The number of rotatable bonds is 3. The molecule has 4 heteroatoms. The van der Waals surface area contributed by atoms with Gasteiger partial charge < -0.3 is 15.0 Å². The highest BCUT2D eigenvalue weighted by Gasteiger charge is 2.27. The van der Waals surface area contributed by atoms with Crippen molar-refractivity contribution in [1.82, 2.24) is 5.32 Å². The Kier molecular flexibility index (Phi) is 4.67. The molecule has 22 heavy (non-hydrogen) atoms. The Labute approximate surface area is 132 Å². The molecule has 2 unspecified atom stereocenters. The number of piperidine rings is 1. The van der Waals surface area contributed by atoms with Crippen LogP contribution in [0, 0.1) is 0 Å². The number of fused-ring (bicyclic) bond motifs is 1. The molecule has 1 saturated heterocycles. The molecule has 0 saturated carbocycles. The molecule has 0 aliphatic carbocycles. The van der Waals surface area contributed by atoms with E-state index in [-0.39, 0.29) is 12.0 Å². The fourth-order valence-corrected chi connectivity index (χ4v) is 3.42. The maximum atomic E-state index is 12.2. The zero-order valence-corrected chi connectivity index (χ0v) is 13.6. The van der Waals surface area contributed by atoms with E-state index in [9.17, 15) is 4.79 Å². The lowest BCUT2D eigenvalue weighted by Crippen LogP contribution is -2.42. The van der Waals surface area contributed by atoms with Gasteiger partial charge in [-0.1, -0.05) is 19.4 Å². The number of carbonyl (C=O) groups is 1. The fourth-order valence-electron chi connectivity index (χ4n) is 3.42. The molecule has 120 valence electrons. The third-order valence-corrected chi connectivity index (χ3v) is 4.58. The Morgan fingerprint density at radius 3 is 3.00 bits per heavy atom. The summed E-state index contributed by atoms with van der Waals surface area (Å²) in [6.45, 7) is 5.69. The van der Waals surface area contributed by atoms with Crippen LogP contribution in [0.25, 0.3) is 0 Å². The Morgan fingerprint density at radius 1 is 1.41 bits per heavy atom. The maximum absolute atomic E-state index is 12.2. The predicted molar refractivity (Wildman–Crippen MR) is 88.5 cm³/mol. The van der Waals surface area contributed by atoms with Crippen LogP contribution < -0.4 is 15.0 Å². The normalized spacial score (nSPS) is 24.5. The van der Waals surface area contributed by atoms with Gasteiger partial charge in [-0.25, -0.2) is 0 Å². The second kappa shape index (κ2) is 6.69. The number of benzene rings is 1. The van der Waals surface area contributed by atoms with Gasteiger partial charge in [0, 0.05) is 12.5 Å². The van der Waals surface area contributed by atoms with Gasteiger partial charge in [0.1, 0.15) is 11.9 Å². The summed E-state index contributed by atoms with van der Waals surface area (Å²) in [6, 6.07) is 6.87. The van der Waals surface area contributed by atoms with Crippen LogP contribution in [0.4, 0.5) is 5.69 Å². The van der Waals surface area contributed by atoms with E-state index in [4.69, 9.17) is 4.74 Å². The smallest absolute Gasteiger partial charge is 0.226 e.